The monoisotopic (exact) mass is 157 g/mol. The molecule has 0 saturated heterocycles. The van der Waals surface area contributed by atoms with Crippen molar-refractivity contribution in [3.05, 3.63) is 0 Å². The SMILES string of the molecule is CC[C@@H]1OC=N[C@H]1C(=O)OC. The zero-order valence-corrected chi connectivity index (χ0v) is 6.61. The average molecular weight is 157 g/mol. The molecule has 0 aromatic rings. The molecular weight excluding hydrogens is 146 g/mol. The van der Waals surface area contributed by atoms with Gasteiger partial charge in [-0.05, 0) is 6.42 Å². The molecular formula is C7H11NO3. The quantitative estimate of drug-likeness (QED) is 0.544. The maximum Gasteiger partial charge on any atom is 0.334 e. The van der Waals surface area contributed by atoms with Crippen molar-refractivity contribution in [3.8, 4) is 0 Å². The topological polar surface area (TPSA) is 47.9 Å². The predicted molar refractivity (Wildman–Crippen MR) is 39.5 cm³/mol. The molecule has 1 aliphatic rings. The van der Waals surface area contributed by atoms with Crippen LogP contribution in [-0.2, 0) is 14.3 Å². The molecule has 0 saturated carbocycles. The van der Waals surface area contributed by atoms with E-state index in [4.69, 9.17) is 4.74 Å². The van der Waals surface area contributed by atoms with Crippen molar-refractivity contribution in [2.45, 2.75) is 25.5 Å². The first-order valence-corrected chi connectivity index (χ1v) is 3.54. The van der Waals surface area contributed by atoms with E-state index in [1.165, 1.54) is 13.5 Å². The Balaban J connectivity index is 2.55. The second-order valence-electron chi connectivity index (χ2n) is 2.31. The second kappa shape index (κ2) is 3.37. The van der Waals surface area contributed by atoms with Crippen molar-refractivity contribution in [2.24, 2.45) is 4.99 Å². The van der Waals surface area contributed by atoms with Crippen LogP contribution in [0, 0.1) is 0 Å². The van der Waals surface area contributed by atoms with E-state index in [1.54, 1.807) is 0 Å². The summed E-state index contributed by atoms with van der Waals surface area (Å²) in [5, 5.41) is 0. The molecule has 4 heteroatoms. The number of ether oxygens (including phenoxy) is 2. The first-order chi connectivity index (χ1) is 5.29. The number of methoxy groups -OCH3 is 1. The molecule has 1 heterocycles. The number of hydrogen-bond donors (Lipinski definition) is 0. The third-order valence-corrected chi connectivity index (χ3v) is 1.65. The zero-order chi connectivity index (χ0) is 8.27. The average Bonchev–Trinajstić information content (AvgIpc) is 2.50. The van der Waals surface area contributed by atoms with E-state index in [0.717, 1.165) is 6.42 Å². The summed E-state index contributed by atoms with van der Waals surface area (Å²) in [7, 11) is 1.35. The number of hydrogen-bond acceptors (Lipinski definition) is 4. The van der Waals surface area contributed by atoms with Crippen molar-refractivity contribution < 1.29 is 14.3 Å². The van der Waals surface area contributed by atoms with Gasteiger partial charge in [0.15, 0.2) is 12.4 Å². The molecule has 0 fully saturated rings. The van der Waals surface area contributed by atoms with Gasteiger partial charge in [-0.2, -0.15) is 0 Å². The summed E-state index contributed by atoms with van der Waals surface area (Å²) in [6.07, 6.45) is 1.94. The molecule has 62 valence electrons. The Morgan fingerprint density at radius 2 is 2.55 bits per heavy atom. The van der Waals surface area contributed by atoms with Crippen molar-refractivity contribution in [1.29, 1.82) is 0 Å². The Bertz CT molecular complexity index is 179. The van der Waals surface area contributed by atoms with Gasteiger partial charge in [-0.25, -0.2) is 9.79 Å². The first-order valence-electron chi connectivity index (χ1n) is 3.54. The van der Waals surface area contributed by atoms with E-state index in [1.807, 2.05) is 6.92 Å². The Morgan fingerprint density at radius 1 is 1.82 bits per heavy atom. The lowest BCUT2D eigenvalue weighted by molar-refractivity contribution is -0.143. The van der Waals surface area contributed by atoms with Gasteiger partial charge in [0.1, 0.15) is 6.10 Å². The van der Waals surface area contributed by atoms with Crippen molar-refractivity contribution in [2.75, 3.05) is 7.11 Å². The van der Waals surface area contributed by atoms with Gasteiger partial charge in [0.2, 0.25) is 0 Å². The highest BCUT2D eigenvalue weighted by Crippen LogP contribution is 2.13. The van der Waals surface area contributed by atoms with E-state index >= 15 is 0 Å². The van der Waals surface area contributed by atoms with Crippen molar-refractivity contribution >= 4 is 12.4 Å². The molecule has 0 aromatic heterocycles. The van der Waals surface area contributed by atoms with Gasteiger partial charge in [0, 0.05) is 0 Å². The lowest BCUT2D eigenvalue weighted by atomic mass is 10.1. The molecule has 1 rings (SSSR count). The second-order valence-corrected chi connectivity index (χ2v) is 2.31. The minimum absolute atomic E-state index is 0.137. The van der Waals surface area contributed by atoms with Crippen LogP contribution in [0.2, 0.25) is 0 Å². The molecule has 2 atom stereocenters. The molecule has 0 bridgehead atoms. The van der Waals surface area contributed by atoms with Crippen molar-refractivity contribution in [1.82, 2.24) is 0 Å². The van der Waals surface area contributed by atoms with Crippen LogP contribution in [-0.4, -0.2) is 31.6 Å². The number of aliphatic imine (C=N–C) groups is 1. The lowest BCUT2D eigenvalue weighted by Gasteiger charge is -2.12. The normalized spacial score (nSPS) is 28.2. The smallest absolute Gasteiger partial charge is 0.334 e. The van der Waals surface area contributed by atoms with Gasteiger partial charge in [-0.1, -0.05) is 6.92 Å². The van der Waals surface area contributed by atoms with E-state index in [0.29, 0.717) is 0 Å². The standard InChI is InChI=1S/C7H11NO3/c1-3-5-6(7(9)10-2)8-4-11-5/h4-6H,3H2,1-2H3/t5-,6+/m0/s1. The summed E-state index contributed by atoms with van der Waals surface area (Å²) in [6.45, 7) is 1.94. The van der Waals surface area contributed by atoms with Gasteiger partial charge in [-0.15, -0.1) is 0 Å². The van der Waals surface area contributed by atoms with Crippen LogP contribution in [0.15, 0.2) is 4.99 Å². The molecule has 11 heavy (non-hydrogen) atoms. The van der Waals surface area contributed by atoms with Crippen LogP contribution in [0.3, 0.4) is 0 Å². The minimum atomic E-state index is -0.454. The Hall–Kier alpha value is -1.06. The van der Waals surface area contributed by atoms with Gasteiger partial charge < -0.3 is 9.47 Å². The fraction of sp³-hybridized carbons (Fsp3) is 0.714. The molecule has 0 radical (unpaired) electrons. The maximum atomic E-state index is 11.0. The highest BCUT2D eigenvalue weighted by Gasteiger charge is 2.31. The summed E-state index contributed by atoms with van der Waals surface area (Å²) >= 11 is 0. The predicted octanol–water partition coefficient (Wildman–Crippen LogP) is 0.365. The van der Waals surface area contributed by atoms with Gasteiger partial charge in [0.05, 0.1) is 7.11 Å². The number of carbonyl (C=O) groups excluding carboxylic acids is 1. The number of nitrogens with zero attached hydrogens (tertiary/aromatic N) is 1. The third kappa shape index (κ3) is 1.50. The fourth-order valence-electron chi connectivity index (χ4n) is 1.00. The molecule has 1 aliphatic heterocycles. The van der Waals surface area contributed by atoms with Crippen LogP contribution in [0.25, 0.3) is 0 Å². The Morgan fingerprint density at radius 3 is 3.09 bits per heavy atom. The highest BCUT2D eigenvalue weighted by molar-refractivity contribution is 5.79. The molecule has 0 spiro atoms. The van der Waals surface area contributed by atoms with Crippen LogP contribution < -0.4 is 0 Å². The molecule has 0 amide bonds. The Labute approximate surface area is 65.2 Å². The summed E-state index contributed by atoms with van der Waals surface area (Å²) in [5.74, 6) is -0.328. The van der Waals surface area contributed by atoms with Gasteiger partial charge in [0.25, 0.3) is 0 Å². The van der Waals surface area contributed by atoms with E-state index in [-0.39, 0.29) is 12.1 Å². The van der Waals surface area contributed by atoms with Crippen LogP contribution >= 0.6 is 0 Å². The lowest BCUT2D eigenvalue weighted by Crippen LogP contribution is -2.30. The largest absolute Gasteiger partial charge is 0.477 e. The van der Waals surface area contributed by atoms with Crippen LogP contribution in [0.5, 0.6) is 0 Å². The van der Waals surface area contributed by atoms with E-state index in [9.17, 15) is 4.79 Å². The summed E-state index contributed by atoms with van der Waals surface area (Å²) in [4.78, 5) is 14.8. The van der Waals surface area contributed by atoms with Crippen LogP contribution in [0.1, 0.15) is 13.3 Å². The molecule has 0 aromatic carbocycles. The zero-order valence-electron chi connectivity index (χ0n) is 6.61. The first kappa shape index (κ1) is 8.04. The van der Waals surface area contributed by atoms with Gasteiger partial charge >= 0.3 is 5.97 Å². The number of rotatable bonds is 2. The summed E-state index contributed by atoms with van der Waals surface area (Å²) in [6, 6.07) is -0.454. The molecule has 0 aliphatic carbocycles. The van der Waals surface area contributed by atoms with Crippen molar-refractivity contribution in [3.63, 3.8) is 0 Å². The van der Waals surface area contributed by atoms with Gasteiger partial charge in [-0.3, -0.25) is 0 Å². The number of esters is 1. The van der Waals surface area contributed by atoms with E-state index < -0.39 is 6.04 Å². The number of carbonyl (C=O) groups is 1. The van der Waals surface area contributed by atoms with Crippen LogP contribution in [0.4, 0.5) is 0 Å². The summed E-state index contributed by atoms with van der Waals surface area (Å²) < 4.78 is 9.58. The Kier molecular flexibility index (Phi) is 2.46. The maximum absolute atomic E-state index is 11.0. The highest BCUT2D eigenvalue weighted by atomic mass is 16.5. The molecule has 0 unspecified atom stereocenters. The summed E-state index contributed by atoms with van der Waals surface area (Å²) in [5.41, 5.74) is 0. The molecule has 0 N–H and O–H groups in total. The fourth-order valence-corrected chi connectivity index (χ4v) is 1.00. The molecule has 4 nitrogen and oxygen atoms in total. The third-order valence-electron chi connectivity index (χ3n) is 1.65. The van der Waals surface area contributed by atoms with E-state index in [2.05, 4.69) is 9.73 Å². The minimum Gasteiger partial charge on any atom is -0.477 e.